The second kappa shape index (κ2) is 10.8. The maximum Gasteiger partial charge on any atom is 0.163 e. The molecule has 1 saturated carbocycles. The molecule has 40 heavy (non-hydrogen) atoms. The van der Waals surface area contributed by atoms with Gasteiger partial charge in [0.05, 0.1) is 24.4 Å². The number of ether oxygens (including phenoxy) is 3. The number of hydrogen-bond donors (Lipinski definition) is 3. The highest BCUT2D eigenvalue weighted by atomic mass is 19.1. The molecule has 4 N–H and O–H groups in total. The predicted molar refractivity (Wildman–Crippen MR) is 147 cm³/mol. The van der Waals surface area contributed by atoms with E-state index in [0.717, 1.165) is 18.4 Å². The van der Waals surface area contributed by atoms with Crippen molar-refractivity contribution in [2.75, 3.05) is 20.3 Å². The Morgan fingerprint density at radius 1 is 1.23 bits per heavy atom. The van der Waals surface area contributed by atoms with Gasteiger partial charge in [-0.1, -0.05) is 0 Å². The highest BCUT2D eigenvalue weighted by Crippen LogP contribution is 2.53. The molecule has 3 atom stereocenters. The number of pyridine rings is 1. The molecule has 8 nitrogen and oxygen atoms in total. The van der Waals surface area contributed by atoms with Crippen LogP contribution in [-0.4, -0.2) is 47.4 Å². The molecule has 0 amide bonds. The second-order valence-corrected chi connectivity index (χ2v) is 11.1. The second-order valence-electron chi connectivity index (χ2n) is 11.1. The summed E-state index contributed by atoms with van der Waals surface area (Å²) in [5.41, 5.74) is 7.40. The van der Waals surface area contributed by atoms with Gasteiger partial charge in [0.1, 0.15) is 30.3 Å². The summed E-state index contributed by atoms with van der Waals surface area (Å²) in [6.45, 7) is 3.64. The van der Waals surface area contributed by atoms with Crippen LogP contribution in [0.3, 0.4) is 0 Å². The summed E-state index contributed by atoms with van der Waals surface area (Å²) in [6.07, 6.45) is 1.50. The Morgan fingerprint density at radius 2 is 1.95 bits per heavy atom. The third kappa shape index (κ3) is 5.54. The molecule has 1 fully saturated rings. The summed E-state index contributed by atoms with van der Waals surface area (Å²) in [7, 11) is 1.48. The normalized spacial score (nSPS) is 20.3. The van der Waals surface area contributed by atoms with E-state index in [4.69, 9.17) is 24.9 Å². The van der Waals surface area contributed by atoms with E-state index in [9.17, 15) is 19.4 Å². The minimum atomic E-state index is -1.46. The zero-order valence-electron chi connectivity index (χ0n) is 22.9. The van der Waals surface area contributed by atoms with Crippen molar-refractivity contribution < 1.29 is 33.6 Å². The summed E-state index contributed by atoms with van der Waals surface area (Å²) in [6, 6.07) is 12.6. The first-order valence-electron chi connectivity index (χ1n) is 13.5. The highest BCUT2D eigenvalue weighted by molar-refractivity contribution is 5.96. The lowest BCUT2D eigenvalue weighted by Crippen LogP contribution is -2.41. The van der Waals surface area contributed by atoms with Gasteiger partial charge in [0.15, 0.2) is 23.0 Å². The first-order valence-corrected chi connectivity index (χ1v) is 13.5. The number of hydrogen-bond acceptors (Lipinski definition) is 8. The van der Waals surface area contributed by atoms with Gasteiger partial charge in [-0.2, -0.15) is 0 Å². The molecule has 2 aromatic carbocycles. The van der Waals surface area contributed by atoms with E-state index in [2.05, 4.69) is 0 Å². The molecule has 1 aromatic heterocycles. The number of carbonyl (C=O) groups is 1. The van der Waals surface area contributed by atoms with Crippen molar-refractivity contribution in [1.29, 1.82) is 0 Å². The van der Waals surface area contributed by atoms with Gasteiger partial charge in [-0.15, -0.1) is 0 Å². The molecule has 3 unspecified atom stereocenters. The smallest absolute Gasteiger partial charge is 0.163 e. The standard InChI is InChI=1S/C31H35FN2O6/c1-18(35)16-39-25-11-6-20(14-26(25)38-3)24(36)12-13-30(2,37)27-15-23-29(40-17-31(23,33)21-7-8-21)28(34-27)19-4-9-22(32)10-5-19/h4-6,9-11,14-15,18,21,35,37H,7-8,12-13,16-17,33H2,1-3H3. The van der Waals surface area contributed by atoms with Gasteiger partial charge >= 0.3 is 0 Å². The van der Waals surface area contributed by atoms with Crippen LogP contribution in [0.15, 0.2) is 48.5 Å². The molecule has 1 aliphatic heterocycles. The van der Waals surface area contributed by atoms with Crippen molar-refractivity contribution in [2.45, 2.75) is 56.8 Å². The number of aliphatic hydroxyl groups is 2. The third-order valence-electron chi connectivity index (χ3n) is 7.71. The zero-order chi connectivity index (χ0) is 28.7. The van der Waals surface area contributed by atoms with Crippen LogP contribution < -0.4 is 19.9 Å². The first-order chi connectivity index (χ1) is 19.0. The molecule has 3 aromatic rings. The van der Waals surface area contributed by atoms with Crippen molar-refractivity contribution in [3.8, 4) is 28.5 Å². The lowest BCUT2D eigenvalue weighted by Gasteiger charge is -2.27. The maximum atomic E-state index is 13.7. The Morgan fingerprint density at radius 3 is 2.60 bits per heavy atom. The number of fused-ring (bicyclic) bond motifs is 1. The summed E-state index contributed by atoms with van der Waals surface area (Å²) < 4.78 is 30.6. The van der Waals surface area contributed by atoms with E-state index >= 15 is 0 Å². The summed E-state index contributed by atoms with van der Waals surface area (Å²) in [4.78, 5) is 17.9. The number of aromatic nitrogens is 1. The number of rotatable bonds is 11. The number of carbonyl (C=O) groups excluding carboxylic acids is 1. The molecule has 2 heterocycles. The van der Waals surface area contributed by atoms with Gasteiger partial charge in [0.25, 0.3) is 0 Å². The molecule has 0 saturated heterocycles. The number of nitrogens with two attached hydrogens (primary N) is 1. The Balaban J connectivity index is 1.41. The van der Waals surface area contributed by atoms with Crippen molar-refractivity contribution >= 4 is 5.78 Å². The fourth-order valence-electron chi connectivity index (χ4n) is 5.11. The van der Waals surface area contributed by atoms with Crippen LogP contribution in [0.25, 0.3) is 11.3 Å². The van der Waals surface area contributed by atoms with Gasteiger partial charge in [-0.05, 0) is 87.6 Å². The average Bonchev–Trinajstić information content (AvgIpc) is 3.75. The van der Waals surface area contributed by atoms with Crippen molar-refractivity contribution in [2.24, 2.45) is 11.7 Å². The highest BCUT2D eigenvalue weighted by Gasteiger charge is 2.50. The van der Waals surface area contributed by atoms with Crippen LogP contribution in [0, 0.1) is 11.7 Å². The van der Waals surface area contributed by atoms with E-state index in [1.165, 1.54) is 19.2 Å². The molecule has 2 aliphatic rings. The SMILES string of the molecule is COc1cc(C(=O)CCC(C)(O)c2cc3c(c(-c4ccc(F)cc4)n2)OCC3(N)C2CC2)ccc1OCC(C)O. The van der Waals surface area contributed by atoms with Crippen molar-refractivity contribution in [3.05, 3.63) is 71.2 Å². The van der Waals surface area contributed by atoms with Gasteiger partial charge < -0.3 is 30.2 Å². The number of nitrogens with zero attached hydrogens (tertiary/aromatic N) is 1. The van der Waals surface area contributed by atoms with Gasteiger partial charge in [0, 0.05) is 23.1 Å². The van der Waals surface area contributed by atoms with Crippen LogP contribution in [0.5, 0.6) is 17.2 Å². The van der Waals surface area contributed by atoms with Crippen LogP contribution in [0.1, 0.15) is 61.1 Å². The average molecular weight is 551 g/mol. The molecule has 0 radical (unpaired) electrons. The van der Waals surface area contributed by atoms with E-state index in [-0.39, 0.29) is 37.0 Å². The Labute approximate surface area is 232 Å². The fourth-order valence-corrected chi connectivity index (χ4v) is 5.11. The molecule has 0 bridgehead atoms. The van der Waals surface area contributed by atoms with Crippen LogP contribution in [0.2, 0.25) is 0 Å². The largest absolute Gasteiger partial charge is 0.493 e. The first kappa shape index (κ1) is 28.0. The maximum absolute atomic E-state index is 13.7. The van der Waals surface area contributed by atoms with Crippen molar-refractivity contribution in [1.82, 2.24) is 4.98 Å². The number of Topliss-reactive ketones (excluding diaryl/α,β-unsaturated/α-hetero) is 1. The lowest BCUT2D eigenvalue weighted by atomic mass is 9.84. The minimum absolute atomic E-state index is 0.0432. The predicted octanol–water partition coefficient (Wildman–Crippen LogP) is 4.48. The quantitative estimate of drug-likeness (QED) is 0.299. The Bertz CT molecular complexity index is 1400. The molecule has 0 spiro atoms. The lowest BCUT2D eigenvalue weighted by molar-refractivity contribution is 0.0396. The van der Waals surface area contributed by atoms with Crippen molar-refractivity contribution in [3.63, 3.8) is 0 Å². The summed E-state index contributed by atoms with van der Waals surface area (Å²) >= 11 is 0. The molecular formula is C31H35FN2O6. The number of halogens is 1. The molecule has 1 aliphatic carbocycles. The van der Waals surface area contributed by atoms with Gasteiger partial charge in [0.2, 0.25) is 0 Å². The summed E-state index contributed by atoms with van der Waals surface area (Å²) in [5, 5.41) is 21.1. The number of methoxy groups -OCH3 is 1. The number of aliphatic hydroxyl groups excluding tert-OH is 1. The topological polar surface area (TPSA) is 124 Å². The van der Waals surface area contributed by atoms with E-state index in [1.54, 1.807) is 50.2 Å². The minimum Gasteiger partial charge on any atom is -0.493 e. The third-order valence-corrected chi connectivity index (χ3v) is 7.71. The van der Waals surface area contributed by atoms with Crippen LogP contribution in [-0.2, 0) is 11.1 Å². The zero-order valence-corrected chi connectivity index (χ0v) is 22.9. The Kier molecular flexibility index (Phi) is 7.56. The number of benzene rings is 2. The van der Waals surface area contributed by atoms with Crippen LogP contribution >= 0.6 is 0 Å². The molecule has 9 heteroatoms. The van der Waals surface area contributed by atoms with E-state index < -0.39 is 17.2 Å². The van der Waals surface area contributed by atoms with Gasteiger partial charge in [-0.3, -0.25) is 4.79 Å². The monoisotopic (exact) mass is 550 g/mol. The van der Waals surface area contributed by atoms with E-state index in [1.807, 2.05) is 0 Å². The van der Waals surface area contributed by atoms with E-state index in [0.29, 0.717) is 46.4 Å². The molecule has 212 valence electrons. The summed E-state index contributed by atoms with van der Waals surface area (Å²) in [5.74, 6) is 1.08. The van der Waals surface area contributed by atoms with Crippen LogP contribution in [0.4, 0.5) is 4.39 Å². The Hall–Kier alpha value is -3.53. The molecular weight excluding hydrogens is 515 g/mol. The van der Waals surface area contributed by atoms with Gasteiger partial charge in [-0.25, -0.2) is 9.37 Å². The molecule has 5 rings (SSSR count). The number of ketones is 1. The fraction of sp³-hybridized carbons (Fsp3) is 0.419.